The van der Waals surface area contributed by atoms with Gasteiger partial charge in [-0.2, -0.15) is 0 Å². The SMILES string of the molecule is CCCCCCC=COc1c(O)c2cccc(OCCCO)c2oc1=O. The monoisotopic (exact) mass is 362 g/mol. The van der Waals surface area contributed by atoms with Crippen LogP contribution >= 0.6 is 0 Å². The highest BCUT2D eigenvalue weighted by atomic mass is 16.5. The van der Waals surface area contributed by atoms with E-state index in [9.17, 15) is 9.90 Å². The Morgan fingerprint density at radius 1 is 1.19 bits per heavy atom. The Hall–Kier alpha value is -2.47. The van der Waals surface area contributed by atoms with E-state index in [1.54, 1.807) is 18.2 Å². The number of ether oxygens (including phenoxy) is 2. The first-order valence-corrected chi connectivity index (χ1v) is 9.03. The Morgan fingerprint density at radius 3 is 2.81 bits per heavy atom. The summed E-state index contributed by atoms with van der Waals surface area (Å²) in [5, 5.41) is 19.5. The van der Waals surface area contributed by atoms with Crippen molar-refractivity contribution < 1.29 is 24.1 Å². The molecule has 1 aromatic heterocycles. The largest absolute Gasteiger partial charge is 0.504 e. The van der Waals surface area contributed by atoms with Crippen molar-refractivity contribution in [1.29, 1.82) is 0 Å². The number of para-hydroxylation sites is 1. The van der Waals surface area contributed by atoms with Crippen molar-refractivity contribution in [3.05, 3.63) is 41.0 Å². The van der Waals surface area contributed by atoms with Crippen LogP contribution in [0.5, 0.6) is 17.2 Å². The molecule has 0 aliphatic carbocycles. The van der Waals surface area contributed by atoms with Crippen LogP contribution in [-0.2, 0) is 0 Å². The minimum Gasteiger partial charge on any atom is -0.504 e. The Kier molecular flexibility index (Phi) is 8.02. The summed E-state index contributed by atoms with van der Waals surface area (Å²) >= 11 is 0. The molecule has 6 heteroatoms. The standard InChI is InChI=1S/C20H26O6/c1-2-3-4-5-6-7-13-25-19-17(22)15-10-8-11-16(24-14-9-12-21)18(15)26-20(19)23/h7-8,10-11,13,21-22H,2-6,9,12,14H2,1H3. The molecule has 0 atom stereocenters. The van der Waals surface area contributed by atoms with Gasteiger partial charge < -0.3 is 24.1 Å². The van der Waals surface area contributed by atoms with Crippen LogP contribution in [0.2, 0.25) is 0 Å². The lowest BCUT2D eigenvalue weighted by molar-refractivity contribution is 0.233. The van der Waals surface area contributed by atoms with Gasteiger partial charge in [-0.3, -0.25) is 0 Å². The molecule has 0 spiro atoms. The van der Waals surface area contributed by atoms with Gasteiger partial charge in [-0.25, -0.2) is 4.79 Å². The minimum absolute atomic E-state index is 0.00271. The zero-order valence-electron chi connectivity index (χ0n) is 15.1. The van der Waals surface area contributed by atoms with E-state index in [0.29, 0.717) is 17.6 Å². The van der Waals surface area contributed by atoms with Crippen LogP contribution < -0.4 is 15.1 Å². The first-order valence-electron chi connectivity index (χ1n) is 9.03. The first-order chi connectivity index (χ1) is 12.7. The zero-order valence-corrected chi connectivity index (χ0v) is 15.1. The van der Waals surface area contributed by atoms with Crippen molar-refractivity contribution in [2.75, 3.05) is 13.2 Å². The Labute approximate surface area is 152 Å². The van der Waals surface area contributed by atoms with E-state index in [1.165, 1.54) is 19.1 Å². The second-order valence-electron chi connectivity index (χ2n) is 5.96. The van der Waals surface area contributed by atoms with Crippen molar-refractivity contribution in [2.45, 2.75) is 45.4 Å². The van der Waals surface area contributed by atoms with Gasteiger partial charge in [0.25, 0.3) is 5.75 Å². The van der Waals surface area contributed by atoms with Gasteiger partial charge in [0.2, 0.25) is 0 Å². The van der Waals surface area contributed by atoms with Crippen LogP contribution in [0.15, 0.2) is 39.7 Å². The molecule has 2 rings (SSSR count). The first kappa shape index (κ1) is 19.8. The fourth-order valence-electron chi connectivity index (χ4n) is 2.50. The highest BCUT2D eigenvalue weighted by molar-refractivity contribution is 5.89. The number of aromatic hydroxyl groups is 1. The van der Waals surface area contributed by atoms with Crippen molar-refractivity contribution in [2.24, 2.45) is 0 Å². The smallest absolute Gasteiger partial charge is 0.383 e. The van der Waals surface area contributed by atoms with Gasteiger partial charge >= 0.3 is 5.63 Å². The third-order valence-corrected chi connectivity index (χ3v) is 3.90. The van der Waals surface area contributed by atoms with Gasteiger partial charge in [0.15, 0.2) is 17.1 Å². The summed E-state index contributed by atoms with van der Waals surface area (Å²) in [6, 6.07) is 4.94. The van der Waals surface area contributed by atoms with Crippen molar-refractivity contribution in [3.8, 4) is 17.2 Å². The molecule has 0 unspecified atom stereocenters. The van der Waals surface area contributed by atoms with Gasteiger partial charge in [0, 0.05) is 13.0 Å². The minimum atomic E-state index is -0.774. The topological polar surface area (TPSA) is 89.1 Å². The predicted octanol–water partition coefficient (Wildman–Crippen LogP) is 4.12. The summed E-state index contributed by atoms with van der Waals surface area (Å²) in [5.41, 5.74) is -0.618. The molecule has 142 valence electrons. The third kappa shape index (κ3) is 5.26. The molecule has 0 aliphatic heterocycles. The summed E-state index contributed by atoms with van der Waals surface area (Å²) < 4.78 is 16.1. The van der Waals surface area contributed by atoms with E-state index < -0.39 is 5.63 Å². The number of aliphatic hydroxyl groups is 1. The summed E-state index contributed by atoms with van der Waals surface area (Å²) in [6.07, 6.45) is 9.13. The van der Waals surface area contributed by atoms with Crippen LogP contribution in [0.3, 0.4) is 0 Å². The summed E-state index contributed by atoms with van der Waals surface area (Å²) in [5.74, 6) is -0.185. The second kappa shape index (κ2) is 10.5. The van der Waals surface area contributed by atoms with E-state index in [2.05, 4.69) is 6.92 Å². The highest BCUT2D eigenvalue weighted by Crippen LogP contribution is 2.35. The van der Waals surface area contributed by atoms with E-state index in [1.807, 2.05) is 6.08 Å². The second-order valence-corrected chi connectivity index (χ2v) is 5.96. The average molecular weight is 362 g/mol. The molecule has 1 aromatic carbocycles. The normalized spacial score (nSPS) is 11.3. The van der Waals surface area contributed by atoms with Gasteiger partial charge in [-0.1, -0.05) is 32.3 Å². The quantitative estimate of drug-likeness (QED) is 0.355. The number of hydrogen-bond donors (Lipinski definition) is 2. The van der Waals surface area contributed by atoms with E-state index in [-0.39, 0.29) is 30.3 Å². The van der Waals surface area contributed by atoms with Crippen molar-refractivity contribution in [1.82, 2.24) is 0 Å². The zero-order chi connectivity index (χ0) is 18.8. The predicted molar refractivity (Wildman–Crippen MR) is 99.9 cm³/mol. The van der Waals surface area contributed by atoms with Crippen LogP contribution in [0.25, 0.3) is 11.0 Å². The highest BCUT2D eigenvalue weighted by Gasteiger charge is 2.17. The lowest BCUT2D eigenvalue weighted by atomic mass is 10.1. The van der Waals surface area contributed by atoms with Gasteiger partial charge in [-0.15, -0.1) is 0 Å². The molecule has 2 aromatic rings. The molecule has 0 saturated carbocycles. The molecular weight excluding hydrogens is 336 g/mol. The molecule has 0 aliphatic rings. The van der Waals surface area contributed by atoms with E-state index >= 15 is 0 Å². The fraction of sp³-hybridized carbons (Fsp3) is 0.450. The van der Waals surface area contributed by atoms with Crippen LogP contribution in [-0.4, -0.2) is 23.4 Å². The maximum atomic E-state index is 12.2. The fourth-order valence-corrected chi connectivity index (χ4v) is 2.50. The van der Waals surface area contributed by atoms with Gasteiger partial charge in [0.1, 0.15) is 0 Å². The molecule has 0 saturated heterocycles. The van der Waals surface area contributed by atoms with Gasteiger partial charge in [-0.05, 0) is 31.1 Å². The lowest BCUT2D eigenvalue weighted by Gasteiger charge is -2.09. The van der Waals surface area contributed by atoms with Gasteiger partial charge in [0.05, 0.1) is 18.3 Å². The average Bonchev–Trinajstić information content (AvgIpc) is 2.64. The van der Waals surface area contributed by atoms with E-state index in [4.69, 9.17) is 19.0 Å². The number of benzene rings is 1. The van der Waals surface area contributed by atoms with Crippen LogP contribution in [0.4, 0.5) is 0 Å². The lowest BCUT2D eigenvalue weighted by Crippen LogP contribution is -2.05. The summed E-state index contributed by atoms with van der Waals surface area (Å²) in [4.78, 5) is 12.2. The molecule has 26 heavy (non-hydrogen) atoms. The molecule has 2 N–H and O–H groups in total. The van der Waals surface area contributed by atoms with Crippen molar-refractivity contribution >= 4 is 11.0 Å². The number of allylic oxidation sites excluding steroid dienone is 1. The number of unbranched alkanes of at least 4 members (excludes halogenated alkanes) is 4. The number of aliphatic hydroxyl groups excluding tert-OH is 1. The number of rotatable bonds is 11. The third-order valence-electron chi connectivity index (χ3n) is 3.90. The molecule has 0 amide bonds. The summed E-state index contributed by atoms with van der Waals surface area (Å²) in [7, 11) is 0. The number of fused-ring (bicyclic) bond motifs is 1. The summed E-state index contributed by atoms with van der Waals surface area (Å²) in [6.45, 7) is 2.44. The molecule has 0 fully saturated rings. The van der Waals surface area contributed by atoms with E-state index in [0.717, 1.165) is 19.3 Å². The van der Waals surface area contributed by atoms with Crippen LogP contribution in [0, 0.1) is 0 Å². The Morgan fingerprint density at radius 2 is 2.04 bits per heavy atom. The maximum absolute atomic E-state index is 12.2. The Bertz CT molecular complexity index is 778. The van der Waals surface area contributed by atoms with Crippen molar-refractivity contribution in [3.63, 3.8) is 0 Å². The number of hydrogen-bond acceptors (Lipinski definition) is 6. The Balaban J connectivity index is 2.14. The molecule has 6 nitrogen and oxygen atoms in total. The molecular formula is C20H26O6. The molecule has 1 heterocycles. The maximum Gasteiger partial charge on any atom is 0.383 e. The molecule has 0 radical (unpaired) electrons. The van der Waals surface area contributed by atoms with Crippen LogP contribution in [0.1, 0.15) is 45.4 Å². The molecule has 0 bridgehead atoms.